The number of hydrogen-bond donors (Lipinski definition) is 1. The number of fused-ring (bicyclic) bond motifs is 2. The third-order valence-electron chi connectivity index (χ3n) is 5.34. The molecule has 0 bridgehead atoms. The highest BCUT2D eigenvalue weighted by Gasteiger charge is 2.32. The molecule has 1 amide bonds. The van der Waals surface area contributed by atoms with Crippen LogP contribution < -0.4 is 10.9 Å². The van der Waals surface area contributed by atoms with Crippen molar-refractivity contribution in [3.8, 4) is 5.69 Å². The Labute approximate surface area is 193 Å². The largest absolute Gasteiger partial charge is 0.416 e. The SMILES string of the molecule is O=C(CC1CSc2nc3c(cnn3-c3ccc(F)cc3)c(=O)n21)Nc1cccc(C(F)(F)F)c1. The summed E-state index contributed by atoms with van der Waals surface area (Å²) >= 11 is 1.29. The minimum atomic E-state index is -4.52. The Bertz CT molecular complexity index is 1460. The molecule has 1 aliphatic heterocycles. The van der Waals surface area contributed by atoms with Gasteiger partial charge in [0.05, 0.1) is 23.5 Å². The quantitative estimate of drug-likeness (QED) is 0.339. The van der Waals surface area contributed by atoms with Gasteiger partial charge in [-0.2, -0.15) is 18.3 Å². The monoisotopic (exact) mass is 489 g/mol. The van der Waals surface area contributed by atoms with E-state index in [-0.39, 0.29) is 23.1 Å². The fourth-order valence-corrected chi connectivity index (χ4v) is 4.88. The van der Waals surface area contributed by atoms with Gasteiger partial charge < -0.3 is 5.32 Å². The molecule has 3 heterocycles. The van der Waals surface area contributed by atoms with Crippen molar-refractivity contribution in [2.24, 2.45) is 0 Å². The first-order chi connectivity index (χ1) is 16.2. The molecule has 1 atom stereocenters. The number of alkyl halides is 3. The number of benzene rings is 2. The average molecular weight is 489 g/mol. The molecular formula is C22H15F4N5O2S. The van der Waals surface area contributed by atoms with E-state index in [1.165, 1.54) is 63.6 Å². The number of carbonyl (C=O) groups is 1. The van der Waals surface area contributed by atoms with Gasteiger partial charge in [-0.05, 0) is 42.5 Å². The van der Waals surface area contributed by atoms with Crippen LogP contribution in [0, 0.1) is 5.82 Å². The molecule has 174 valence electrons. The molecule has 0 spiro atoms. The number of anilines is 1. The summed E-state index contributed by atoms with van der Waals surface area (Å²) in [7, 11) is 0. The van der Waals surface area contributed by atoms with E-state index in [2.05, 4.69) is 15.4 Å². The number of amides is 1. The summed E-state index contributed by atoms with van der Waals surface area (Å²) in [6.45, 7) is 0. The lowest BCUT2D eigenvalue weighted by atomic mass is 10.1. The number of nitrogens with zero attached hydrogens (tertiary/aromatic N) is 4. The summed E-state index contributed by atoms with van der Waals surface area (Å²) < 4.78 is 54.8. The van der Waals surface area contributed by atoms with Gasteiger partial charge in [-0.1, -0.05) is 17.8 Å². The van der Waals surface area contributed by atoms with Gasteiger partial charge in [-0.15, -0.1) is 0 Å². The zero-order valence-electron chi connectivity index (χ0n) is 17.2. The lowest BCUT2D eigenvalue weighted by Crippen LogP contribution is -2.27. The lowest BCUT2D eigenvalue weighted by molar-refractivity contribution is -0.137. The third-order valence-corrected chi connectivity index (χ3v) is 6.43. The van der Waals surface area contributed by atoms with E-state index in [0.29, 0.717) is 22.2 Å². The Morgan fingerprint density at radius 2 is 1.94 bits per heavy atom. The molecule has 1 aliphatic rings. The second kappa shape index (κ2) is 8.28. The summed E-state index contributed by atoms with van der Waals surface area (Å²) in [5.74, 6) is -0.530. The summed E-state index contributed by atoms with van der Waals surface area (Å²) in [6, 6.07) is 9.41. The first-order valence-corrected chi connectivity index (χ1v) is 11.1. The predicted octanol–water partition coefficient (Wildman–Crippen LogP) is 4.42. The van der Waals surface area contributed by atoms with E-state index in [9.17, 15) is 27.2 Å². The molecule has 2 aromatic heterocycles. The number of thioether (sulfide) groups is 1. The third kappa shape index (κ3) is 4.04. The van der Waals surface area contributed by atoms with Crippen LogP contribution in [0.15, 0.2) is 64.7 Å². The standard InChI is InChI=1S/C22H15F4N5O2S/c23-13-4-6-15(7-5-13)31-19-17(10-27-31)20(33)30-16(11-34-21(30)29-19)9-18(32)28-14-3-1-2-12(8-14)22(24,25)26/h1-8,10,16H,9,11H2,(H,28,32). The molecule has 0 saturated carbocycles. The molecule has 0 saturated heterocycles. The van der Waals surface area contributed by atoms with Gasteiger partial charge in [-0.3, -0.25) is 14.2 Å². The summed E-state index contributed by atoms with van der Waals surface area (Å²) in [5.41, 5.74) is -0.381. The zero-order valence-corrected chi connectivity index (χ0v) is 18.0. The Kier molecular flexibility index (Phi) is 5.39. The maximum absolute atomic E-state index is 13.3. The van der Waals surface area contributed by atoms with Gasteiger partial charge in [0, 0.05) is 17.9 Å². The van der Waals surface area contributed by atoms with Gasteiger partial charge in [0.15, 0.2) is 10.8 Å². The summed E-state index contributed by atoms with van der Waals surface area (Å²) in [6.07, 6.45) is -3.27. The van der Waals surface area contributed by atoms with Crippen LogP contribution in [0.5, 0.6) is 0 Å². The van der Waals surface area contributed by atoms with Crippen molar-refractivity contribution in [2.75, 3.05) is 11.1 Å². The molecule has 12 heteroatoms. The van der Waals surface area contributed by atoms with Crippen molar-refractivity contribution in [3.63, 3.8) is 0 Å². The van der Waals surface area contributed by atoms with Crippen molar-refractivity contribution >= 4 is 34.4 Å². The van der Waals surface area contributed by atoms with Crippen LogP contribution in [0.4, 0.5) is 23.2 Å². The normalized spacial score (nSPS) is 15.5. The van der Waals surface area contributed by atoms with Gasteiger partial charge in [0.25, 0.3) is 5.56 Å². The number of carbonyl (C=O) groups excluding carboxylic acids is 1. The molecule has 1 N–H and O–H groups in total. The highest BCUT2D eigenvalue weighted by Crippen LogP contribution is 2.34. The Hall–Kier alpha value is -3.67. The second-order valence-corrected chi connectivity index (χ2v) is 8.62. The first-order valence-electron chi connectivity index (χ1n) is 10.1. The zero-order chi connectivity index (χ0) is 24.0. The highest BCUT2D eigenvalue weighted by atomic mass is 32.2. The fourth-order valence-electron chi connectivity index (χ4n) is 3.75. The minimum absolute atomic E-state index is 0.0206. The van der Waals surface area contributed by atoms with Crippen molar-refractivity contribution in [1.82, 2.24) is 19.3 Å². The van der Waals surface area contributed by atoms with Crippen LogP contribution in [-0.2, 0) is 11.0 Å². The number of nitrogens with one attached hydrogen (secondary N) is 1. The van der Waals surface area contributed by atoms with E-state index in [1.54, 1.807) is 0 Å². The predicted molar refractivity (Wildman–Crippen MR) is 118 cm³/mol. The number of aromatic nitrogens is 4. The summed E-state index contributed by atoms with van der Waals surface area (Å²) in [5, 5.41) is 7.31. The smallest absolute Gasteiger partial charge is 0.326 e. The first kappa shape index (κ1) is 22.1. The topological polar surface area (TPSA) is 81.8 Å². The van der Waals surface area contributed by atoms with Crippen LogP contribution in [0.1, 0.15) is 18.0 Å². The van der Waals surface area contributed by atoms with Crippen LogP contribution in [0.2, 0.25) is 0 Å². The van der Waals surface area contributed by atoms with E-state index in [4.69, 9.17) is 0 Å². The van der Waals surface area contributed by atoms with E-state index < -0.39 is 29.5 Å². The van der Waals surface area contributed by atoms with Crippen molar-refractivity contribution < 1.29 is 22.4 Å². The van der Waals surface area contributed by atoms with E-state index >= 15 is 0 Å². The fraction of sp³-hybridized carbons (Fsp3) is 0.182. The number of rotatable bonds is 4. The second-order valence-electron chi connectivity index (χ2n) is 7.64. The Morgan fingerprint density at radius 1 is 1.18 bits per heavy atom. The average Bonchev–Trinajstić information content (AvgIpc) is 3.39. The van der Waals surface area contributed by atoms with Crippen LogP contribution in [0.25, 0.3) is 16.7 Å². The van der Waals surface area contributed by atoms with Crippen molar-refractivity contribution in [2.45, 2.75) is 23.8 Å². The maximum Gasteiger partial charge on any atom is 0.416 e. The van der Waals surface area contributed by atoms with Crippen LogP contribution in [0.3, 0.4) is 0 Å². The molecule has 0 radical (unpaired) electrons. The van der Waals surface area contributed by atoms with Gasteiger partial charge in [0.2, 0.25) is 5.91 Å². The molecule has 2 aromatic carbocycles. The Balaban J connectivity index is 1.40. The number of halogens is 4. The lowest BCUT2D eigenvalue weighted by Gasteiger charge is -2.14. The molecule has 5 rings (SSSR count). The van der Waals surface area contributed by atoms with E-state index in [0.717, 1.165) is 12.1 Å². The molecular weight excluding hydrogens is 474 g/mol. The molecule has 34 heavy (non-hydrogen) atoms. The Morgan fingerprint density at radius 3 is 2.68 bits per heavy atom. The summed E-state index contributed by atoms with van der Waals surface area (Å²) in [4.78, 5) is 30.2. The molecule has 0 aliphatic carbocycles. The minimum Gasteiger partial charge on any atom is -0.326 e. The van der Waals surface area contributed by atoms with Gasteiger partial charge in [0.1, 0.15) is 11.2 Å². The number of hydrogen-bond acceptors (Lipinski definition) is 5. The van der Waals surface area contributed by atoms with Crippen molar-refractivity contribution in [3.05, 3.63) is 76.5 Å². The van der Waals surface area contributed by atoms with Gasteiger partial charge >= 0.3 is 6.18 Å². The van der Waals surface area contributed by atoms with Gasteiger partial charge in [-0.25, -0.2) is 14.1 Å². The highest BCUT2D eigenvalue weighted by molar-refractivity contribution is 7.99. The molecule has 1 unspecified atom stereocenters. The van der Waals surface area contributed by atoms with Crippen LogP contribution >= 0.6 is 11.8 Å². The van der Waals surface area contributed by atoms with Crippen molar-refractivity contribution in [1.29, 1.82) is 0 Å². The maximum atomic E-state index is 13.3. The molecule has 0 fully saturated rings. The molecule has 7 nitrogen and oxygen atoms in total. The van der Waals surface area contributed by atoms with E-state index in [1.807, 2.05) is 0 Å². The van der Waals surface area contributed by atoms with Crippen LogP contribution in [-0.4, -0.2) is 31.0 Å². The molecule has 4 aromatic rings.